The Morgan fingerprint density at radius 3 is 2.08 bits per heavy atom. The number of nitrogens with one attached hydrogen (secondary N) is 1. The first-order valence-electron chi connectivity index (χ1n) is 4.38. The molecule has 2 nitrogen and oxygen atoms in total. The van der Waals surface area contributed by atoms with E-state index in [4.69, 9.17) is 0 Å². The maximum atomic E-state index is 10.4. The van der Waals surface area contributed by atoms with Gasteiger partial charge in [-0.25, -0.2) is 0 Å². The summed E-state index contributed by atoms with van der Waals surface area (Å²) in [6.07, 6.45) is 3.96. The molecule has 0 spiro atoms. The molecule has 0 aliphatic heterocycles. The Morgan fingerprint density at radius 1 is 1.31 bits per heavy atom. The number of hydrogen-bond donors (Lipinski definition) is 1. The minimum absolute atomic E-state index is 0.592. The summed E-state index contributed by atoms with van der Waals surface area (Å²) in [5.74, 6) is 0. The molecule has 0 saturated heterocycles. The summed E-state index contributed by atoms with van der Waals surface area (Å²) in [4.78, 5) is 10.4. The van der Waals surface area contributed by atoms with Gasteiger partial charge in [0.1, 0.15) is 6.29 Å². The van der Waals surface area contributed by atoms with Crippen LogP contribution < -0.4 is 5.32 Å². The van der Waals surface area contributed by atoms with E-state index < -0.39 is 0 Å². The van der Waals surface area contributed by atoms with E-state index in [0.717, 1.165) is 11.9 Å². The van der Waals surface area contributed by atoms with Crippen LogP contribution in [0.15, 0.2) is 36.5 Å². The van der Waals surface area contributed by atoms with Gasteiger partial charge in [0.15, 0.2) is 0 Å². The van der Waals surface area contributed by atoms with Gasteiger partial charge >= 0.3 is 0 Å². The number of aldehydes is 1. The third kappa shape index (κ3) is 6.05. The highest BCUT2D eigenvalue weighted by Gasteiger charge is 1.96. The zero-order valence-electron chi connectivity index (χ0n) is 8.76. The van der Waals surface area contributed by atoms with Crippen LogP contribution in [0.25, 0.3) is 0 Å². The monoisotopic (exact) mass is 181 g/mol. The Kier molecular flexibility index (Phi) is 12.0. The van der Waals surface area contributed by atoms with Crippen LogP contribution in [0.1, 0.15) is 13.8 Å². The lowest BCUT2D eigenvalue weighted by Gasteiger charge is -2.01. The molecular weight excluding hydrogens is 162 g/mol. The summed E-state index contributed by atoms with van der Waals surface area (Å²) in [7, 11) is 1.81. The van der Waals surface area contributed by atoms with Crippen LogP contribution in [0, 0.1) is 0 Å². The Hall–Kier alpha value is -1.15. The van der Waals surface area contributed by atoms with E-state index >= 15 is 0 Å². The number of carbonyl (C=O) groups is 1. The topological polar surface area (TPSA) is 29.1 Å². The van der Waals surface area contributed by atoms with Crippen LogP contribution >= 0.6 is 0 Å². The lowest BCUT2D eigenvalue weighted by molar-refractivity contribution is -0.104. The van der Waals surface area contributed by atoms with Crippen molar-refractivity contribution >= 4 is 6.29 Å². The van der Waals surface area contributed by atoms with E-state index in [9.17, 15) is 4.79 Å². The molecule has 0 aromatic rings. The second kappa shape index (κ2) is 10.8. The van der Waals surface area contributed by atoms with Gasteiger partial charge in [-0.1, -0.05) is 39.2 Å². The predicted octanol–water partition coefficient (Wildman–Crippen LogP) is 2.10. The van der Waals surface area contributed by atoms with Crippen molar-refractivity contribution in [1.82, 2.24) is 5.32 Å². The first kappa shape index (κ1) is 14.4. The standard InChI is InChI=1S/C9H13NO.C2H6/c1-4-8(6-10-3)9(5-2)7-11;1-2/h4-5,7,10H,1-2,6H2,3H3;1-2H3/b9-8-;. The third-order valence-electron chi connectivity index (χ3n) is 1.33. The van der Waals surface area contributed by atoms with Crippen LogP contribution in [0.5, 0.6) is 0 Å². The predicted molar refractivity (Wildman–Crippen MR) is 58.8 cm³/mol. The van der Waals surface area contributed by atoms with Crippen molar-refractivity contribution in [2.24, 2.45) is 0 Å². The average molecular weight is 181 g/mol. The molecule has 0 fully saturated rings. The van der Waals surface area contributed by atoms with Gasteiger partial charge in [0, 0.05) is 12.1 Å². The molecule has 0 unspecified atom stereocenters. The lowest BCUT2D eigenvalue weighted by Crippen LogP contribution is -2.10. The summed E-state index contributed by atoms with van der Waals surface area (Å²) in [6, 6.07) is 0. The minimum Gasteiger partial charge on any atom is -0.316 e. The summed E-state index contributed by atoms with van der Waals surface area (Å²) >= 11 is 0. The van der Waals surface area contributed by atoms with Crippen LogP contribution in [0.3, 0.4) is 0 Å². The van der Waals surface area contributed by atoms with E-state index in [2.05, 4.69) is 18.5 Å². The molecule has 0 aliphatic carbocycles. The quantitative estimate of drug-likeness (QED) is 0.400. The zero-order chi connectivity index (χ0) is 10.7. The summed E-state index contributed by atoms with van der Waals surface area (Å²) < 4.78 is 0. The van der Waals surface area contributed by atoms with Crippen molar-refractivity contribution in [3.8, 4) is 0 Å². The molecule has 1 N–H and O–H groups in total. The van der Waals surface area contributed by atoms with E-state index in [-0.39, 0.29) is 0 Å². The largest absolute Gasteiger partial charge is 0.316 e. The van der Waals surface area contributed by atoms with Crippen molar-refractivity contribution < 1.29 is 4.79 Å². The first-order valence-corrected chi connectivity index (χ1v) is 4.38. The molecule has 74 valence electrons. The fraction of sp³-hybridized carbons (Fsp3) is 0.364. The lowest BCUT2D eigenvalue weighted by atomic mass is 10.1. The summed E-state index contributed by atoms with van der Waals surface area (Å²) in [6.45, 7) is 11.8. The van der Waals surface area contributed by atoms with E-state index in [1.165, 1.54) is 6.08 Å². The van der Waals surface area contributed by atoms with Gasteiger partial charge < -0.3 is 5.32 Å². The second-order valence-electron chi connectivity index (χ2n) is 2.04. The second-order valence-corrected chi connectivity index (χ2v) is 2.04. The zero-order valence-corrected chi connectivity index (χ0v) is 8.76. The highest BCUT2D eigenvalue weighted by molar-refractivity contribution is 5.79. The van der Waals surface area contributed by atoms with Gasteiger partial charge in [0.2, 0.25) is 0 Å². The Balaban J connectivity index is 0. The van der Waals surface area contributed by atoms with Crippen molar-refractivity contribution in [1.29, 1.82) is 0 Å². The van der Waals surface area contributed by atoms with Gasteiger partial charge in [-0.05, 0) is 12.6 Å². The molecule has 2 heteroatoms. The van der Waals surface area contributed by atoms with Gasteiger partial charge in [-0.15, -0.1) is 0 Å². The van der Waals surface area contributed by atoms with Gasteiger partial charge in [-0.2, -0.15) is 0 Å². The van der Waals surface area contributed by atoms with Crippen molar-refractivity contribution in [3.05, 3.63) is 36.5 Å². The molecule has 0 heterocycles. The first-order chi connectivity index (χ1) is 6.29. The van der Waals surface area contributed by atoms with Gasteiger partial charge in [0.05, 0.1) is 0 Å². The van der Waals surface area contributed by atoms with E-state index in [1.807, 2.05) is 20.9 Å². The Morgan fingerprint density at radius 2 is 1.85 bits per heavy atom. The third-order valence-corrected chi connectivity index (χ3v) is 1.33. The van der Waals surface area contributed by atoms with Gasteiger partial charge in [0.25, 0.3) is 0 Å². The molecule has 0 bridgehead atoms. The van der Waals surface area contributed by atoms with Crippen LogP contribution in [-0.2, 0) is 4.79 Å². The Bertz CT molecular complexity index is 182. The molecule has 0 rings (SSSR count). The van der Waals surface area contributed by atoms with E-state index in [0.29, 0.717) is 12.1 Å². The number of rotatable bonds is 5. The SMILES string of the molecule is C=C/C(C=O)=C(\C=C)CNC.CC. The molecule has 0 aromatic heterocycles. The van der Waals surface area contributed by atoms with E-state index in [1.54, 1.807) is 6.08 Å². The fourth-order valence-electron chi connectivity index (χ4n) is 0.737. The molecular formula is C11H19NO. The van der Waals surface area contributed by atoms with Gasteiger partial charge in [-0.3, -0.25) is 4.79 Å². The number of carbonyl (C=O) groups excluding carboxylic acids is 1. The van der Waals surface area contributed by atoms with Crippen molar-refractivity contribution in [2.75, 3.05) is 13.6 Å². The summed E-state index contributed by atoms with van der Waals surface area (Å²) in [5.41, 5.74) is 1.46. The molecule has 0 radical (unpaired) electrons. The molecule has 0 aliphatic rings. The smallest absolute Gasteiger partial charge is 0.150 e. The van der Waals surface area contributed by atoms with Crippen LogP contribution in [0.4, 0.5) is 0 Å². The van der Waals surface area contributed by atoms with Crippen molar-refractivity contribution in [3.63, 3.8) is 0 Å². The highest BCUT2D eigenvalue weighted by atomic mass is 16.1. The van der Waals surface area contributed by atoms with Crippen LogP contribution in [0.2, 0.25) is 0 Å². The number of hydrogen-bond acceptors (Lipinski definition) is 2. The highest BCUT2D eigenvalue weighted by Crippen LogP contribution is 2.02. The molecule has 13 heavy (non-hydrogen) atoms. The maximum absolute atomic E-state index is 10.4. The normalized spacial score (nSPS) is 10.4. The number of likely N-dealkylation sites (N-methyl/N-ethyl adjacent to an activating group) is 1. The molecule has 0 atom stereocenters. The van der Waals surface area contributed by atoms with Crippen LogP contribution in [-0.4, -0.2) is 19.9 Å². The van der Waals surface area contributed by atoms with Crippen molar-refractivity contribution in [2.45, 2.75) is 13.8 Å². The fourth-order valence-corrected chi connectivity index (χ4v) is 0.737. The number of allylic oxidation sites excluding steroid dienone is 2. The molecule has 0 aromatic carbocycles. The minimum atomic E-state index is 0.592. The summed E-state index contributed by atoms with van der Waals surface area (Å²) in [5, 5.41) is 2.93. The molecule has 0 saturated carbocycles. The average Bonchev–Trinajstić information content (AvgIpc) is 2.21. The Labute approximate surface area is 81.0 Å². The molecule has 0 amide bonds. The maximum Gasteiger partial charge on any atom is 0.150 e.